The molecule has 1 fully saturated rings. The number of rotatable bonds is 3. The second-order valence-electron chi connectivity index (χ2n) is 8.44. The zero-order valence-corrected chi connectivity index (χ0v) is 19.0. The van der Waals surface area contributed by atoms with E-state index < -0.39 is 5.82 Å². The lowest BCUT2D eigenvalue weighted by Gasteiger charge is -2.34. The lowest BCUT2D eigenvalue weighted by atomic mass is 10.0. The largest absolute Gasteiger partial charge is 0.356 e. The van der Waals surface area contributed by atoms with Crippen LogP contribution in [0.1, 0.15) is 30.5 Å². The second-order valence-corrected chi connectivity index (χ2v) is 8.85. The van der Waals surface area contributed by atoms with Crippen LogP contribution in [0.2, 0.25) is 5.02 Å². The molecule has 5 rings (SSSR count). The summed E-state index contributed by atoms with van der Waals surface area (Å²) in [7, 11) is 0. The van der Waals surface area contributed by atoms with E-state index in [-0.39, 0.29) is 11.1 Å². The molecule has 1 aromatic heterocycles. The average molecular weight is 466 g/mol. The second kappa shape index (κ2) is 9.35. The molecule has 0 bridgehead atoms. The first-order valence-electron chi connectivity index (χ1n) is 11.3. The maximum absolute atomic E-state index is 13.5. The van der Waals surface area contributed by atoms with Crippen molar-refractivity contribution in [3.8, 4) is 11.4 Å². The molecule has 0 spiro atoms. The van der Waals surface area contributed by atoms with Crippen LogP contribution < -0.4 is 10.2 Å². The number of hydrogen-bond donors (Lipinski definition) is 1. The molecule has 1 saturated heterocycles. The van der Waals surface area contributed by atoms with Gasteiger partial charge in [0.15, 0.2) is 5.82 Å². The monoisotopic (exact) mass is 465 g/mol. The maximum atomic E-state index is 13.5. The zero-order chi connectivity index (χ0) is 22.8. The molecule has 6 nitrogen and oxygen atoms in total. The Morgan fingerprint density at radius 3 is 2.55 bits per heavy atom. The molecule has 3 heterocycles. The van der Waals surface area contributed by atoms with Gasteiger partial charge < -0.3 is 15.1 Å². The third-order valence-electron chi connectivity index (χ3n) is 6.18. The molecule has 1 N–H and O–H groups in total. The summed E-state index contributed by atoms with van der Waals surface area (Å²) in [5.74, 6) is 1.15. The Labute approximate surface area is 197 Å². The SMILES string of the molecule is O=C(Nc1ccc(F)c(Cl)c1)N1CCc2nc(-c3ccccc3)nc(N3CCCCC3)c2C1. The topological polar surface area (TPSA) is 61.4 Å². The molecule has 2 aliphatic rings. The molecule has 0 aliphatic carbocycles. The molecule has 8 heteroatoms. The highest BCUT2D eigenvalue weighted by molar-refractivity contribution is 6.31. The zero-order valence-electron chi connectivity index (χ0n) is 18.2. The van der Waals surface area contributed by atoms with Gasteiger partial charge in [0.2, 0.25) is 0 Å². The number of aromatic nitrogens is 2. The van der Waals surface area contributed by atoms with Gasteiger partial charge in [-0.15, -0.1) is 0 Å². The molecule has 3 aromatic rings. The van der Waals surface area contributed by atoms with Gasteiger partial charge in [-0.25, -0.2) is 19.2 Å². The van der Waals surface area contributed by atoms with Crippen LogP contribution in [0.4, 0.5) is 20.7 Å². The number of carbonyl (C=O) groups is 1. The van der Waals surface area contributed by atoms with E-state index in [1.54, 1.807) is 4.90 Å². The normalized spacial score (nSPS) is 15.8. The molecule has 0 atom stereocenters. The van der Waals surface area contributed by atoms with Gasteiger partial charge in [0.05, 0.1) is 17.3 Å². The fraction of sp³-hybridized carbons (Fsp3) is 0.320. The van der Waals surface area contributed by atoms with Crippen LogP contribution in [-0.4, -0.2) is 40.5 Å². The third-order valence-corrected chi connectivity index (χ3v) is 6.47. The minimum atomic E-state index is -0.515. The van der Waals surface area contributed by atoms with Crippen LogP contribution >= 0.6 is 11.6 Å². The summed E-state index contributed by atoms with van der Waals surface area (Å²) in [6, 6.07) is 13.9. The van der Waals surface area contributed by atoms with Crippen molar-refractivity contribution in [3.63, 3.8) is 0 Å². The number of urea groups is 1. The van der Waals surface area contributed by atoms with Crippen LogP contribution in [0.15, 0.2) is 48.5 Å². The molecular weight excluding hydrogens is 441 g/mol. The smallest absolute Gasteiger partial charge is 0.322 e. The number of piperidine rings is 1. The maximum Gasteiger partial charge on any atom is 0.322 e. The molecule has 33 heavy (non-hydrogen) atoms. The average Bonchev–Trinajstić information content (AvgIpc) is 2.86. The van der Waals surface area contributed by atoms with Crippen LogP contribution in [0, 0.1) is 5.82 Å². The number of fused-ring (bicyclic) bond motifs is 1. The van der Waals surface area contributed by atoms with Gasteiger partial charge in [-0.2, -0.15) is 0 Å². The fourth-order valence-electron chi connectivity index (χ4n) is 4.43. The van der Waals surface area contributed by atoms with Gasteiger partial charge in [0.25, 0.3) is 0 Å². The van der Waals surface area contributed by atoms with Crippen molar-refractivity contribution in [2.45, 2.75) is 32.2 Å². The van der Waals surface area contributed by atoms with E-state index in [2.05, 4.69) is 10.2 Å². The quantitative estimate of drug-likeness (QED) is 0.553. The lowest BCUT2D eigenvalue weighted by Crippen LogP contribution is -2.41. The summed E-state index contributed by atoms with van der Waals surface area (Å²) in [4.78, 5) is 26.9. The molecule has 0 radical (unpaired) electrons. The van der Waals surface area contributed by atoms with Crippen LogP contribution in [0.3, 0.4) is 0 Å². The van der Waals surface area contributed by atoms with Crippen molar-refractivity contribution in [1.29, 1.82) is 0 Å². The van der Waals surface area contributed by atoms with Crippen molar-refractivity contribution in [2.24, 2.45) is 0 Å². The van der Waals surface area contributed by atoms with E-state index in [9.17, 15) is 9.18 Å². The molecule has 170 valence electrons. The molecule has 0 saturated carbocycles. The van der Waals surface area contributed by atoms with Gasteiger partial charge in [0.1, 0.15) is 11.6 Å². The number of nitrogens with zero attached hydrogens (tertiary/aromatic N) is 4. The van der Waals surface area contributed by atoms with E-state index in [0.717, 1.165) is 54.4 Å². The number of hydrogen-bond acceptors (Lipinski definition) is 4. The van der Waals surface area contributed by atoms with Crippen LogP contribution in [0.5, 0.6) is 0 Å². The highest BCUT2D eigenvalue weighted by Gasteiger charge is 2.28. The summed E-state index contributed by atoms with van der Waals surface area (Å²) in [5, 5.41) is 2.81. The Hall–Kier alpha value is -3.19. The predicted molar refractivity (Wildman–Crippen MR) is 128 cm³/mol. The van der Waals surface area contributed by atoms with E-state index in [1.165, 1.54) is 24.6 Å². The van der Waals surface area contributed by atoms with E-state index in [4.69, 9.17) is 21.6 Å². The van der Waals surface area contributed by atoms with E-state index in [1.807, 2.05) is 30.3 Å². The minimum absolute atomic E-state index is 0.0222. The predicted octanol–water partition coefficient (Wildman–Crippen LogP) is 5.52. The summed E-state index contributed by atoms with van der Waals surface area (Å²) >= 11 is 5.86. The Morgan fingerprint density at radius 2 is 1.79 bits per heavy atom. The highest BCUT2D eigenvalue weighted by Crippen LogP contribution is 2.31. The van der Waals surface area contributed by atoms with E-state index >= 15 is 0 Å². The Morgan fingerprint density at radius 1 is 1.00 bits per heavy atom. The highest BCUT2D eigenvalue weighted by atomic mass is 35.5. The van der Waals surface area contributed by atoms with Gasteiger partial charge in [-0.1, -0.05) is 41.9 Å². The van der Waals surface area contributed by atoms with E-state index in [0.29, 0.717) is 25.2 Å². The molecule has 2 aromatic carbocycles. The summed E-state index contributed by atoms with van der Waals surface area (Å²) in [5.41, 5.74) is 3.46. The van der Waals surface area contributed by atoms with Gasteiger partial charge in [-0.05, 0) is 37.5 Å². The number of carbonyl (C=O) groups excluding carboxylic acids is 1. The Bertz CT molecular complexity index is 1170. The Kier molecular flexibility index (Phi) is 6.13. The van der Waals surface area contributed by atoms with Crippen molar-refractivity contribution >= 4 is 29.1 Å². The number of amides is 2. The number of nitrogens with one attached hydrogen (secondary N) is 1. The van der Waals surface area contributed by atoms with Crippen molar-refractivity contribution in [2.75, 3.05) is 29.9 Å². The van der Waals surface area contributed by atoms with Crippen LogP contribution in [-0.2, 0) is 13.0 Å². The van der Waals surface area contributed by atoms with Gasteiger partial charge >= 0.3 is 6.03 Å². The molecule has 2 amide bonds. The Balaban J connectivity index is 1.44. The first kappa shape index (κ1) is 21.6. The standard InChI is InChI=1S/C25H25ClFN5O/c26-20-15-18(9-10-21(20)27)28-25(33)32-14-11-22-19(16-32)24(31-12-5-2-6-13-31)30-23(29-22)17-7-3-1-4-8-17/h1,3-4,7-10,15H,2,5-6,11-14,16H2,(H,28,33). The first-order valence-corrected chi connectivity index (χ1v) is 11.7. The van der Waals surface area contributed by atoms with Gasteiger partial charge in [0, 0.05) is 42.9 Å². The number of benzene rings is 2. The third kappa shape index (κ3) is 4.64. The van der Waals surface area contributed by atoms with Crippen molar-refractivity contribution < 1.29 is 9.18 Å². The number of halogens is 2. The lowest BCUT2D eigenvalue weighted by molar-refractivity contribution is 0.206. The summed E-state index contributed by atoms with van der Waals surface area (Å²) < 4.78 is 13.5. The van der Waals surface area contributed by atoms with Crippen molar-refractivity contribution in [1.82, 2.24) is 14.9 Å². The minimum Gasteiger partial charge on any atom is -0.356 e. The summed E-state index contributed by atoms with van der Waals surface area (Å²) in [6.45, 7) is 2.88. The fourth-order valence-corrected chi connectivity index (χ4v) is 4.61. The molecular formula is C25H25ClFN5O. The summed E-state index contributed by atoms with van der Waals surface area (Å²) in [6.07, 6.45) is 4.14. The molecule has 2 aliphatic heterocycles. The number of anilines is 2. The van der Waals surface area contributed by atoms with Crippen molar-refractivity contribution in [3.05, 3.63) is 70.6 Å². The first-order chi connectivity index (χ1) is 16.1. The van der Waals surface area contributed by atoms with Gasteiger partial charge in [-0.3, -0.25) is 0 Å². The molecule has 0 unspecified atom stereocenters. The van der Waals surface area contributed by atoms with Crippen LogP contribution in [0.25, 0.3) is 11.4 Å².